The van der Waals surface area contributed by atoms with Crippen LogP contribution in [0, 0.1) is 18.8 Å². The Labute approximate surface area is 165 Å². The van der Waals surface area contributed by atoms with Gasteiger partial charge in [0.25, 0.3) is 0 Å². The molecule has 1 aliphatic rings. The monoisotopic (exact) mass is 389 g/mol. The first-order chi connectivity index (χ1) is 12.9. The van der Waals surface area contributed by atoms with Gasteiger partial charge in [-0.15, -0.1) is 0 Å². The van der Waals surface area contributed by atoms with E-state index in [2.05, 4.69) is 30.0 Å². The maximum atomic E-state index is 12.5. The molecule has 3 atom stereocenters. The number of aryl methyl sites for hydroxylation is 1. The highest BCUT2D eigenvalue weighted by molar-refractivity contribution is 7.80. The SMILES string of the molecule is COc1ccc2oc(C(=O)NNC(=S)N[C@H]3CCC[C@H](C)[C@@H]3C)c(C)c2c1. The Morgan fingerprint density at radius 2 is 2.04 bits per heavy atom. The lowest BCUT2D eigenvalue weighted by atomic mass is 9.78. The van der Waals surface area contributed by atoms with Gasteiger partial charge in [-0.25, -0.2) is 0 Å². The predicted molar refractivity (Wildman–Crippen MR) is 110 cm³/mol. The van der Waals surface area contributed by atoms with Crippen molar-refractivity contribution in [1.82, 2.24) is 16.2 Å². The molecule has 0 spiro atoms. The number of methoxy groups -OCH3 is 1. The van der Waals surface area contributed by atoms with Crippen LogP contribution in [0.1, 0.15) is 49.2 Å². The van der Waals surface area contributed by atoms with Crippen LogP contribution in [0.5, 0.6) is 5.75 Å². The minimum absolute atomic E-state index is 0.258. The third-order valence-electron chi connectivity index (χ3n) is 5.66. The number of hydrogen-bond acceptors (Lipinski definition) is 4. The van der Waals surface area contributed by atoms with Gasteiger partial charge in [0.15, 0.2) is 10.9 Å². The molecular formula is C20H27N3O3S. The first kappa shape index (κ1) is 19.5. The first-order valence-corrected chi connectivity index (χ1v) is 9.75. The summed E-state index contributed by atoms with van der Waals surface area (Å²) in [4.78, 5) is 12.5. The Morgan fingerprint density at radius 1 is 1.26 bits per heavy atom. The lowest BCUT2D eigenvalue weighted by Crippen LogP contribution is -2.52. The quantitative estimate of drug-likeness (QED) is 0.549. The largest absolute Gasteiger partial charge is 0.497 e. The van der Waals surface area contributed by atoms with Gasteiger partial charge in [0.1, 0.15) is 11.3 Å². The smallest absolute Gasteiger partial charge is 0.305 e. The van der Waals surface area contributed by atoms with Gasteiger partial charge < -0.3 is 14.5 Å². The standard InChI is InChI=1S/C20H27N3O3S/c1-11-6-5-7-16(12(11)2)21-20(27)23-22-19(24)18-13(3)15-10-14(25-4)8-9-17(15)26-18/h8-12,16H,5-7H2,1-4H3,(H,22,24)(H2,21,23,27)/t11-,12-,16-/m0/s1. The van der Waals surface area contributed by atoms with Crippen molar-refractivity contribution in [2.45, 2.75) is 46.1 Å². The van der Waals surface area contributed by atoms with Crippen LogP contribution in [0.15, 0.2) is 22.6 Å². The van der Waals surface area contributed by atoms with Crippen molar-refractivity contribution in [2.75, 3.05) is 7.11 Å². The van der Waals surface area contributed by atoms with Crippen molar-refractivity contribution in [3.05, 3.63) is 29.5 Å². The molecule has 0 radical (unpaired) electrons. The minimum atomic E-state index is -0.364. The van der Waals surface area contributed by atoms with Gasteiger partial charge in [0.05, 0.1) is 7.11 Å². The van der Waals surface area contributed by atoms with E-state index in [1.165, 1.54) is 12.8 Å². The summed E-state index contributed by atoms with van der Waals surface area (Å²) in [6, 6.07) is 5.78. The summed E-state index contributed by atoms with van der Waals surface area (Å²) in [6.07, 6.45) is 3.54. The number of carbonyl (C=O) groups excluding carboxylic acids is 1. The highest BCUT2D eigenvalue weighted by Gasteiger charge is 2.27. The van der Waals surface area contributed by atoms with Crippen LogP contribution in [0.4, 0.5) is 0 Å². The number of hydrogen-bond donors (Lipinski definition) is 3. The number of ether oxygens (including phenoxy) is 1. The Morgan fingerprint density at radius 3 is 2.78 bits per heavy atom. The average Bonchev–Trinajstić information content (AvgIpc) is 2.99. The summed E-state index contributed by atoms with van der Waals surface area (Å²) in [5.74, 6) is 1.83. The van der Waals surface area contributed by atoms with E-state index in [9.17, 15) is 4.79 Å². The van der Waals surface area contributed by atoms with E-state index in [1.54, 1.807) is 19.2 Å². The number of nitrogens with one attached hydrogen (secondary N) is 3. The van der Waals surface area contributed by atoms with Crippen LogP contribution in [0.3, 0.4) is 0 Å². The molecule has 0 unspecified atom stereocenters. The van der Waals surface area contributed by atoms with E-state index in [1.807, 2.05) is 13.0 Å². The number of hydrazine groups is 1. The molecule has 27 heavy (non-hydrogen) atoms. The van der Waals surface area contributed by atoms with Crippen molar-refractivity contribution >= 4 is 34.2 Å². The number of carbonyl (C=O) groups is 1. The highest BCUT2D eigenvalue weighted by atomic mass is 32.1. The summed E-state index contributed by atoms with van der Waals surface area (Å²) in [7, 11) is 1.61. The Balaban J connectivity index is 1.61. The molecule has 0 aliphatic heterocycles. The van der Waals surface area contributed by atoms with Crippen molar-refractivity contribution in [3.8, 4) is 5.75 Å². The first-order valence-electron chi connectivity index (χ1n) is 9.34. The predicted octanol–water partition coefficient (Wildman–Crippen LogP) is 3.68. The Hall–Kier alpha value is -2.28. The molecule has 1 heterocycles. The number of rotatable bonds is 3. The summed E-state index contributed by atoms with van der Waals surface area (Å²) in [5.41, 5.74) is 6.82. The maximum absolute atomic E-state index is 12.5. The average molecular weight is 390 g/mol. The number of amides is 1. The van der Waals surface area contributed by atoms with Crippen LogP contribution >= 0.6 is 12.2 Å². The highest BCUT2D eigenvalue weighted by Crippen LogP contribution is 2.30. The second-order valence-electron chi connectivity index (χ2n) is 7.34. The molecule has 1 aromatic heterocycles. The van der Waals surface area contributed by atoms with Gasteiger partial charge in [-0.05, 0) is 55.6 Å². The van der Waals surface area contributed by atoms with Crippen molar-refractivity contribution < 1.29 is 13.9 Å². The fourth-order valence-electron chi connectivity index (χ4n) is 3.70. The lowest BCUT2D eigenvalue weighted by Gasteiger charge is -2.35. The van der Waals surface area contributed by atoms with Gasteiger partial charge >= 0.3 is 5.91 Å². The Bertz CT molecular complexity index is 848. The van der Waals surface area contributed by atoms with Gasteiger partial charge in [-0.2, -0.15) is 0 Å². The fourth-order valence-corrected chi connectivity index (χ4v) is 3.91. The maximum Gasteiger partial charge on any atom is 0.305 e. The van der Waals surface area contributed by atoms with Gasteiger partial charge in [0.2, 0.25) is 0 Å². The van der Waals surface area contributed by atoms with E-state index in [-0.39, 0.29) is 11.7 Å². The molecule has 2 aromatic rings. The summed E-state index contributed by atoms with van der Waals surface area (Å²) >= 11 is 5.34. The van der Waals surface area contributed by atoms with Crippen molar-refractivity contribution in [2.24, 2.45) is 11.8 Å². The number of fused-ring (bicyclic) bond motifs is 1. The molecule has 3 N–H and O–H groups in total. The molecule has 0 saturated heterocycles. The molecule has 146 valence electrons. The number of thiocarbonyl (C=S) groups is 1. The fraction of sp³-hybridized carbons (Fsp3) is 0.500. The zero-order chi connectivity index (χ0) is 19.6. The molecular weight excluding hydrogens is 362 g/mol. The molecule has 1 aliphatic carbocycles. The van der Waals surface area contributed by atoms with E-state index in [0.717, 1.165) is 23.1 Å². The zero-order valence-corrected chi connectivity index (χ0v) is 17.0. The van der Waals surface area contributed by atoms with Gasteiger partial charge in [-0.1, -0.05) is 26.7 Å². The van der Waals surface area contributed by atoms with Crippen LogP contribution < -0.4 is 20.9 Å². The molecule has 3 rings (SSSR count). The van der Waals surface area contributed by atoms with E-state index < -0.39 is 0 Å². The molecule has 1 amide bonds. The normalized spacial score (nSPS) is 22.3. The van der Waals surface area contributed by atoms with E-state index in [4.69, 9.17) is 21.4 Å². The topological polar surface area (TPSA) is 75.5 Å². The van der Waals surface area contributed by atoms with Gasteiger partial charge in [-0.3, -0.25) is 15.6 Å². The summed E-state index contributed by atoms with van der Waals surface area (Å²) < 4.78 is 10.9. The van der Waals surface area contributed by atoms with Crippen molar-refractivity contribution in [1.29, 1.82) is 0 Å². The number of benzene rings is 1. The van der Waals surface area contributed by atoms with Crippen molar-refractivity contribution in [3.63, 3.8) is 0 Å². The molecule has 1 aromatic carbocycles. The lowest BCUT2D eigenvalue weighted by molar-refractivity contribution is 0.0916. The van der Waals surface area contributed by atoms with Crippen LogP contribution in [-0.4, -0.2) is 24.2 Å². The van der Waals surface area contributed by atoms with E-state index in [0.29, 0.717) is 28.6 Å². The summed E-state index contributed by atoms with van der Waals surface area (Å²) in [5, 5.41) is 4.59. The second-order valence-corrected chi connectivity index (χ2v) is 7.75. The molecule has 7 heteroatoms. The molecule has 0 bridgehead atoms. The third-order valence-corrected chi connectivity index (χ3v) is 5.88. The summed E-state index contributed by atoms with van der Waals surface area (Å²) in [6.45, 7) is 6.37. The molecule has 6 nitrogen and oxygen atoms in total. The van der Waals surface area contributed by atoms with Gasteiger partial charge in [0, 0.05) is 17.0 Å². The van der Waals surface area contributed by atoms with Crippen LogP contribution in [0.2, 0.25) is 0 Å². The molecule has 1 fully saturated rings. The van der Waals surface area contributed by atoms with E-state index >= 15 is 0 Å². The van der Waals surface area contributed by atoms with Crippen LogP contribution in [-0.2, 0) is 0 Å². The number of furan rings is 1. The van der Waals surface area contributed by atoms with Crippen LogP contribution in [0.25, 0.3) is 11.0 Å². The Kier molecular flexibility index (Phi) is 5.89. The minimum Gasteiger partial charge on any atom is -0.497 e. The molecule has 1 saturated carbocycles. The second kappa shape index (κ2) is 8.17. The zero-order valence-electron chi connectivity index (χ0n) is 16.2. The third kappa shape index (κ3) is 4.18.